The van der Waals surface area contributed by atoms with Crippen LogP contribution in [0, 0.1) is 12.8 Å². The average molecular weight is 408 g/mol. The van der Waals surface area contributed by atoms with Crippen LogP contribution in [0.4, 0.5) is 17.1 Å². The lowest BCUT2D eigenvalue weighted by Crippen LogP contribution is -2.29. The van der Waals surface area contributed by atoms with Crippen LogP contribution >= 0.6 is 0 Å². The molecule has 1 aliphatic heterocycles. The molecular formula is C28H29N3. The molecule has 31 heavy (non-hydrogen) atoms. The Bertz CT molecular complexity index is 1120. The van der Waals surface area contributed by atoms with Gasteiger partial charge in [0.05, 0.1) is 11.7 Å². The summed E-state index contributed by atoms with van der Waals surface area (Å²) in [7, 11) is 4.10. The maximum atomic E-state index is 4.68. The molecular weight excluding hydrogens is 378 g/mol. The normalized spacial score (nSPS) is 21.6. The SMILES string of the molecule is Cc1ccc2c(c1)[C@@H]1C=CC[C@@H]1[C@H](c1ccc(N=Cc3ccc(N(C)C)cc3)cc1)N2. The van der Waals surface area contributed by atoms with E-state index in [2.05, 4.69) is 115 Å². The number of hydrogen-bond donors (Lipinski definition) is 1. The van der Waals surface area contributed by atoms with Crippen molar-refractivity contribution in [2.75, 3.05) is 24.3 Å². The number of nitrogens with one attached hydrogen (secondary N) is 1. The molecule has 0 saturated carbocycles. The van der Waals surface area contributed by atoms with Gasteiger partial charge in [0.15, 0.2) is 0 Å². The predicted molar refractivity (Wildman–Crippen MR) is 132 cm³/mol. The second kappa shape index (κ2) is 8.07. The van der Waals surface area contributed by atoms with Crippen LogP contribution in [-0.4, -0.2) is 20.3 Å². The van der Waals surface area contributed by atoms with Crippen LogP contribution in [0.3, 0.4) is 0 Å². The van der Waals surface area contributed by atoms with Crippen molar-refractivity contribution in [2.45, 2.75) is 25.3 Å². The first kappa shape index (κ1) is 19.6. The Morgan fingerprint density at radius 1 is 0.968 bits per heavy atom. The topological polar surface area (TPSA) is 27.6 Å². The number of aliphatic imine (C=N–C) groups is 1. The minimum atomic E-state index is 0.326. The van der Waals surface area contributed by atoms with Gasteiger partial charge in [0, 0.05) is 37.6 Å². The van der Waals surface area contributed by atoms with Crippen molar-refractivity contribution in [1.82, 2.24) is 0 Å². The zero-order valence-corrected chi connectivity index (χ0v) is 18.4. The van der Waals surface area contributed by atoms with E-state index in [-0.39, 0.29) is 0 Å². The van der Waals surface area contributed by atoms with Gasteiger partial charge >= 0.3 is 0 Å². The molecule has 0 bridgehead atoms. The maximum Gasteiger partial charge on any atom is 0.0630 e. The monoisotopic (exact) mass is 407 g/mol. The van der Waals surface area contributed by atoms with Gasteiger partial charge in [-0.3, -0.25) is 4.99 Å². The van der Waals surface area contributed by atoms with Gasteiger partial charge in [-0.1, -0.05) is 54.1 Å². The maximum absolute atomic E-state index is 4.68. The molecule has 3 nitrogen and oxygen atoms in total. The summed E-state index contributed by atoms with van der Waals surface area (Å²) in [6, 6.07) is 24.3. The molecule has 1 aliphatic carbocycles. The second-order valence-corrected chi connectivity index (χ2v) is 8.90. The van der Waals surface area contributed by atoms with Crippen molar-refractivity contribution in [3.8, 4) is 0 Å². The van der Waals surface area contributed by atoms with E-state index < -0.39 is 0 Å². The minimum Gasteiger partial charge on any atom is -0.378 e. The van der Waals surface area contributed by atoms with E-state index in [0.29, 0.717) is 17.9 Å². The lowest BCUT2D eigenvalue weighted by atomic mass is 9.76. The van der Waals surface area contributed by atoms with Crippen LogP contribution in [0.2, 0.25) is 0 Å². The van der Waals surface area contributed by atoms with Gasteiger partial charge in [-0.2, -0.15) is 0 Å². The average Bonchev–Trinajstić information content (AvgIpc) is 3.28. The Morgan fingerprint density at radius 2 is 1.74 bits per heavy atom. The van der Waals surface area contributed by atoms with Crippen molar-refractivity contribution in [3.05, 3.63) is 101 Å². The molecule has 3 heteroatoms. The second-order valence-electron chi connectivity index (χ2n) is 8.90. The zero-order chi connectivity index (χ0) is 21.4. The van der Waals surface area contributed by atoms with Crippen LogP contribution in [0.25, 0.3) is 0 Å². The zero-order valence-electron chi connectivity index (χ0n) is 18.4. The highest BCUT2D eigenvalue weighted by Gasteiger charge is 2.37. The quantitative estimate of drug-likeness (QED) is 0.388. The van der Waals surface area contributed by atoms with Gasteiger partial charge in [0.25, 0.3) is 0 Å². The van der Waals surface area contributed by atoms with E-state index in [1.165, 1.54) is 28.1 Å². The number of hydrogen-bond acceptors (Lipinski definition) is 3. The van der Waals surface area contributed by atoms with Gasteiger partial charge in [-0.25, -0.2) is 0 Å². The summed E-state index contributed by atoms with van der Waals surface area (Å²) in [6.45, 7) is 2.18. The number of allylic oxidation sites excluding steroid dienone is 2. The van der Waals surface area contributed by atoms with Gasteiger partial charge in [0.1, 0.15) is 0 Å². The predicted octanol–water partition coefficient (Wildman–Crippen LogP) is 6.64. The van der Waals surface area contributed by atoms with E-state index >= 15 is 0 Å². The summed E-state index contributed by atoms with van der Waals surface area (Å²) in [4.78, 5) is 6.78. The largest absolute Gasteiger partial charge is 0.378 e. The molecule has 3 aromatic rings. The first-order chi connectivity index (χ1) is 15.1. The highest BCUT2D eigenvalue weighted by Crippen LogP contribution is 2.50. The van der Waals surface area contributed by atoms with Crippen LogP contribution in [0.1, 0.15) is 40.6 Å². The summed E-state index contributed by atoms with van der Waals surface area (Å²) >= 11 is 0. The molecule has 0 saturated heterocycles. The smallest absolute Gasteiger partial charge is 0.0630 e. The molecule has 156 valence electrons. The Morgan fingerprint density at radius 3 is 2.48 bits per heavy atom. The molecule has 2 aliphatic rings. The third-order valence-electron chi connectivity index (χ3n) is 6.54. The molecule has 0 spiro atoms. The van der Waals surface area contributed by atoms with E-state index in [4.69, 9.17) is 0 Å². The van der Waals surface area contributed by atoms with Crippen molar-refractivity contribution in [1.29, 1.82) is 0 Å². The van der Waals surface area contributed by atoms with Crippen molar-refractivity contribution in [2.24, 2.45) is 10.9 Å². The summed E-state index contributed by atoms with van der Waals surface area (Å²) in [6.07, 6.45) is 7.81. The molecule has 1 heterocycles. The summed E-state index contributed by atoms with van der Waals surface area (Å²) < 4.78 is 0. The van der Waals surface area contributed by atoms with Crippen LogP contribution in [-0.2, 0) is 0 Å². The van der Waals surface area contributed by atoms with Gasteiger partial charge < -0.3 is 10.2 Å². The molecule has 1 N–H and O–H groups in total. The first-order valence-corrected chi connectivity index (χ1v) is 11.0. The lowest BCUT2D eigenvalue weighted by Gasteiger charge is -2.37. The Kier molecular flexibility index (Phi) is 5.11. The van der Waals surface area contributed by atoms with Gasteiger partial charge in [-0.15, -0.1) is 0 Å². The third-order valence-corrected chi connectivity index (χ3v) is 6.54. The Hall–Kier alpha value is -3.33. The van der Waals surface area contributed by atoms with E-state index in [1.54, 1.807) is 0 Å². The van der Waals surface area contributed by atoms with Crippen molar-refractivity contribution in [3.63, 3.8) is 0 Å². The number of benzene rings is 3. The van der Waals surface area contributed by atoms with E-state index in [0.717, 1.165) is 17.7 Å². The van der Waals surface area contributed by atoms with Gasteiger partial charge in [-0.05, 0) is 66.3 Å². The minimum absolute atomic E-state index is 0.326. The third kappa shape index (κ3) is 3.88. The fourth-order valence-electron chi connectivity index (χ4n) is 4.82. The number of rotatable bonds is 4. The summed E-state index contributed by atoms with van der Waals surface area (Å²) in [5.74, 6) is 1.07. The summed E-state index contributed by atoms with van der Waals surface area (Å²) in [5, 5.41) is 3.82. The molecule has 3 atom stereocenters. The fraction of sp³-hybridized carbons (Fsp3) is 0.250. The Labute approximate surface area is 185 Å². The van der Waals surface area contributed by atoms with Crippen molar-refractivity contribution >= 4 is 23.3 Å². The number of aryl methyl sites for hydroxylation is 1. The number of anilines is 2. The highest BCUT2D eigenvalue weighted by molar-refractivity contribution is 5.82. The highest BCUT2D eigenvalue weighted by atomic mass is 15.1. The van der Waals surface area contributed by atoms with E-state index in [9.17, 15) is 0 Å². The molecule has 3 aromatic carbocycles. The van der Waals surface area contributed by atoms with Crippen LogP contribution in [0.5, 0.6) is 0 Å². The fourth-order valence-corrected chi connectivity index (χ4v) is 4.82. The molecule has 0 amide bonds. The molecule has 0 aromatic heterocycles. The van der Waals surface area contributed by atoms with Crippen LogP contribution < -0.4 is 10.2 Å². The van der Waals surface area contributed by atoms with Crippen LogP contribution in [0.15, 0.2) is 83.9 Å². The Balaban J connectivity index is 1.34. The first-order valence-electron chi connectivity index (χ1n) is 11.0. The molecule has 0 radical (unpaired) electrons. The van der Waals surface area contributed by atoms with Gasteiger partial charge in [0.2, 0.25) is 0 Å². The van der Waals surface area contributed by atoms with E-state index in [1.807, 2.05) is 6.21 Å². The molecule has 5 rings (SSSR count). The lowest BCUT2D eigenvalue weighted by molar-refractivity contribution is 0.425. The molecule has 0 unspecified atom stereocenters. The number of nitrogens with zero attached hydrogens (tertiary/aromatic N) is 2. The summed E-state index contributed by atoms with van der Waals surface area (Å²) in [5.41, 5.74) is 8.65. The number of fused-ring (bicyclic) bond motifs is 3. The standard InChI is InChI=1S/C28H29N3/c1-19-7-16-27-26(17-19)24-5-4-6-25(24)28(30-27)21-10-12-22(13-11-21)29-18-20-8-14-23(15-9-20)31(2)3/h4-5,7-18,24-25,28,30H,6H2,1-3H3/t24-,25+,28+/m1/s1. The van der Waals surface area contributed by atoms with Crippen molar-refractivity contribution < 1.29 is 0 Å². The molecule has 0 fully saturated rings.